The van der Waals surface area contributed by atoms with E-state index in [9.17, 15) is 9.59 Å². The number of carbonyl (C=O) groups excluding carboxylic acids is 1. The zero-order chi connectivity index (χ0) is 34.9. The fourth-order valence-corrected chi connectivity index (χ4v) is 3.16. The number of ether oxygens (including phenoxy) is 14. The standard InChI is InChI=1S/C31H60O17/c1-35-31(34)3-5-37-7-9-39-11-13-41-15-17-43-19-21-45-23-25-47-27-29-48-28-26-46-24-22-44-20-18-42-16-14-40-12-10-38-8-6-36-4-2-30(32)33/h2-29H2,1H3,(H,32,33). The number of carboxylic acid groups (broad SMARTS) is 1. The van der Waals surface area contributed by atoms with E-state index in [1.165, 1.54) is 7.11 Å². The van der Waals surface area contributed by atoms with E-state index in [4.69, 9.17) is 66.7 Å². The average Bonchev–Trinajstić information content (AvgIpc) is 3.08. The molecule has 0 spiro atoms. The van der Waals surface area contributed by atoms with E-state index in [0.29, 0.717) is 165 Å². The Balaban J connectivity index is 3.06. The minimum absolute atomic E-state index is 0.00627. The first-order valence-electron chi connectivity index (χ1n) is 16.5. The molecule has 1 N–H and O–H groups in total. The lowest BCUT2D eigenvalue weighted by Gasteiger charge is -2.09. The van der Waals surface area contributed by atoms with Crippen molar-refractivity contribution in [2.24, 2.45) is 0 Å². The number of methoxy groups -OCH3 is 1. The number of carboxylic acids is 1. The molecule has 0 aromatic carbocycles. The Hall–Kier alpha value is -1.58. The van der Waals surface area contributed by atoms with Crippen molar-refractivity contribution in [1.29, 1.82) is 0 Å². The van der Waals surface area contributed by atoms with Gasteiger partial charge in [-0.25, -0.2) is 0 Å². The van der Waals surface area contributed by atoms with Crippen LogP contribution in [0.25, 0.3) is 0 Å². The molecule has 0 radical (unpaired) electrons. The SMILES string of the molecule is COC(=O)CCOCCOCCOCCOCCOCCOCCOCCOCCOCCOCCOCCOCCOCCC(=O)O. The monoisotopic (exact) mass is 704 g/mol. The van der Waals surface area contributed by atoms with Crippen molar-refractivity contribution in [3.05, 3.63) is 0 Å². The quantitative estimate of drug-likeness (QED) is 0.0673. The van der Waals surface area contributed by atoms with Gasteiger partial charge in [-0.05, 0) is 0 Å². The maximum Gasteiger partial charge on any atom is 0.307 e. The molecule has 0 saturated carbocycles. The summed E-state index contributed by atoms with van der Waals surface area (Å²) in [5, 5.41) is 8.49. The Labute approximate surface area is 284 Å². The first kappa shape index (κ1) is 46.4. The molecule has 0 amide bonds. The van der Waals surface area contributed by atoms with Gasteiger partial charge in [0.1, 0.15) is 0 Å². The lowest BCUT2D eigenvalue weighted by Crippen LogP contribution is -2.15. The van der Waals surface area contributed by atoms with Gasteiger partial charge >= 0.3 is 11.9 Å². The number of carbonyl (C=O) groups is 2. The molecule has 0 fully saturated rings. The highest BCUT2D eigenvalue weighted by Crippen LogP contribution is 1.89. The summed E-state index contributed by atoms with van der Waals surface area (Å²) in [5.41, 5.74) is 0. The molecule has 0 aliphatic carbocycles. The van der Waals surface area contributed by atoms with Gasteiger partial charge in [0.05, 0.1) is 192 Å². The second-order valence-electron chi connectivity index (χ2n) is 9.43. The molecule has 0 unspecified atom stereocenters. The van der Waals surface area contributed by atoms with Crippen LogP contribution in [0.2, 0.25) is 0 Å². The molecule has 0 heterocycles. The summed E-state index contributed by atoms with van der Waals surface area (Å²) >= 11 is 0. The Morgan fingerprint density at radius 3 is 0.646 bits per heavy atom. The van der Waals surface area contributed by atoms with E-state index in [1.54, 1.807) is 0 Å². The maximum absolute atomic E-state index is 10.9. The number of aliphatic carboxylic acids is 1. The van der Waals surface area contributed by atoms with Crippen molar-refractivity contribution in [3.8, 4) is 0 Å². The predicted molar refractivity (Wildman–Crippen MR) is 170 cm³/mol. The third kappa shape index (κ3) is 42.4. The minimum Gasteiger partial charge on any atom is -0.481 e. The van der Waals surface area contributed by atoms with Gasteiger partial charge in [0.15, 0.2) is 0 Å². The zero-order valence-electron chi connectivity index (χ0n) is 28.8. The molecule has 286 valence electrons. The highest BCUT2D eigenvalue weighted by atomic mass is 16.6. The fourth-order valence-electron chi connectivity index (χ4n) is 3.16. The molecule has 0 atom stereocenters. The number of rotatable bonds is 42. The zero-order valence-corrected chi connectivity index (χ0v) is 28.8. The highest BCUT2D eigenvalue weighted by Gasteiger charge is 2.00. The second-order valence-corrected chi connectivity index (χ2v) is 9.43. The largest absolute Gasteiger partial charge is 0.481 e. The summed E-state index contributed by atoms with van der Waals surface area (Å²) in [6.07, 6.45) is 0.233. The Bertz CT molecular complexity index is 659. The summed E-state index contributed by atoms with van der Waals surface area (Å²) in [6.45, 7) is 11.7. The summed E-state index contributed by atoms with van der Waals surface area (Å²) in [6, 6.07) is 0. The summed E-state index contributed by atoms with van der Waals surface area (Å²) in [4.78, 5) is 21.3. The fraction of sp³-hybridized carbons (Fsp3) is 0.935. The number of esters is 1. The van der Waals surface area contributed by atoms with Crippen molar-refractivity contribution in [1.82, 2.24) is 0 Å². The van der Waals surface area contributed by atoms with Gasteiger partial charge in [-0.2, -0.15) is 0 Å². The molecule has 0 aliphatic heterocycles. The molecule has 17 heteroatoms. The minimum atomic E-state index is -0.878. The molecule has 0 aromatic rings. The molecule has 0 rings (SSSR count). The first-order chi connectivity index (χ1) is 23.7. The van der Waals surface area contributed by atoms with Crippen LogP contribution >= 0.6 is 0 Å². The van der Waals surface area contributed by atoms with Crippen LogP contribution in [0.1, 0.15) is 12.8 Å². The van der Waals surface area contributed by atoms with E-state index < -0.39 is 5.97 Å². The van der Waals surface area contributed by atoms with E-state index in [0.717, 1.165) is 0 Å². The van der Waals surface area contributed by atoms with Crippen molar-refractivity contribution < 1.29 is 81.0 Å². The second kappa shape index (κ2) is 41.6. The van der Waals surface area contributed by atoms with E-state index in [-0.39, 0.29) is 25.4 Å². The number of hydrogen-bond donors (Lipinski definition) is 1. The van der Waals surface area contributed by atoms with Gasteiger partial charge in [0, 0.05) is 0 Å². The molecule has 0 saturated heterocycles. The van der Waals surface area contributed by atoms with Crippen LogP contribution in [-0.2, 0) is 75.9 Å². The Morgan fingerprint density at radius 2 is 0.479 bits per heavy atom. The molecular formula is C31H60O17. The van der Waals surface area contributed by atoms with Gasteiger partial charge in [0.25, 0.3) is 0 Å². The Kier molecular flexibility index (Phi) is 40.2. The molecule has 0 bridgehead atoms. The van der Waals surface area contributed by atoms with Crippen LogP contribution in [-0.4, -0.2) is 196 Å². The van der Waals surface area contributed by atoms with Gasteiger partial charge in [-0.1, -0.05) is 0 Å². The predicted octanol–water partition coefficient (Wildman–Crippen LogP) is 0.240. The molecule has 17 nitrogen and oxygen atoms in total. The molecular weight excluding hydrogens is 644 g/mol. The normalized spacial score (nSPS) is 11.4. The van der Waals surface area contributed by atoms with Crippen LogP contribution in [0.4, 0.5) is 0 Å². The summed E-state index contributed by atoms with van der Waals surface area (Å²) in [5.74, 6) is -1.17. The van der Waals surface area contributed by atoms with E-state index >= 15 is 0 Å². The third-order valence-electron chi connectivity index (χ3n) is 5.60. The van der Waals surface area contributed by atoms with Crippen LogP contribution in [0, 0.1) is 0 Å². The average molecular weight is 705 g/mol. The van der Waals surface area contributed by atoms with Crippen LogP contribution < -0.4 is 0 Å². The maximum atomic E-state index is 10.9. The van der Waals surface area contributed by atoms with Crippen molar-refractivity contribution in [3.63, 3.8) is 0 Å². The molecule has 0 aliphatic rings. The smallest absolute Gasteiger partial charge is 0.307 e. The van der Waals surface area contributed by atoms with Crippen molar-refractivity contribution in [2.45, 2.75) is 12.8 Å². The van der Waals surface area contributed by atoms with Gasteiger partial charge in [-0.3, -0.25) is 9.59 Å². The van der Waals surface area contributed by atoms with Crippen LogP contribution in [0.15, 0.2) is 0 Å². The molecule has 0 aromatic heterocycles. The van der Waals surface area contributed by atoms with Crippen molar-refractivity contribution in [2.75, 3.05) is 179 Å². The highest BCUT2D eigenvalue weighted by molar-refractivity contribution is 5.69. The van der Waals surface area contributed by atoms with Gasteiger partial charge < -0.3 is 71.4 Å². The van der Waals surface area contributed by atoms with Crippen LogP contribution in [0.3, 0.4) is 0 Å². The third-order valence-corrected chi connectivity index (χ3v) is 5.60. The molecule has 48 heavy (non-hydrogen) atoms. The lowest BCUT2D eigenvalue weighted by molar-refractivity contribution is -0.142. The van der Waals surface area contributed by atoms with E-state index in [1.807, 2.05) is 0 Å². The van der Waals surface area contributed by atoms with Crippen molar-refractivity contribution >= 4 is 11.9 Å². The topological polar surface area (TPSA) is 184 Å². The Morgan fingerprint density at radius 1 is 0.312 bits per heavy atom. The van der Waals surface area contributed by atoms with Crippen LogP contribution in [0.5, 0.6) is 0 Å². The number of hydrogen-bond acceptors (Lipinski definition) is 16. The van der Waals surface area contributed by atoms with Gasteiger partial charge in [-0.15, -0.1) is 0 Å². The first-order valence-corrected chi connectivity index (χ1v) is 16.5. The summed E-state index contributed by atoms with van der Waals surface area (Å²) in [7, 11) is 1.35. The lowest BCUT2D eigenvalue weighted by atomic mass is 10.5. The van der Waals surface area contributed by atoms with Gasteiger partial charge in [0.2, 0.25) is 0 Å². The summed E-state index contributed by atoms with van der Waals surface area (Å²) < 4.78 is 74.5. The van der Waals surface area contributed by atoms with E-state index in [2.05, 4.69) is 4.74 Å².